The van der Waals surface area contributed by atoms with Crippen LogP contribution < -0.4 is 0 Å². The first-order chi connectivity index (χ1) is 57.9. The van der Waals surface area contributed by atoms with Crippen molar-refractivity contribution in [1.82, 2.24) is 43.6 Å². The van der Waals surface area contributed by atoms with E-state index in [-0.39, 0.29) is 76.6 Å². The molecule has 635 valence electrons. The van der Waals surface area contributed by atoms with Gasteiger partial charge in [-0.3, -0.25) is 29.9 Å². The predicted molar refractivity (Wildman–Crippen MR) is 492 cm³/mol. The Hall–Kier alpha value is -9.99. The molecule has 0 saturated heterocycles. The van der Waals surface area contributed by atoms with Crippen LogP contribution in [0.2, 0.25) is 0 Å². The molecule has 0 bridgehead atoms. The molecule has 3 radical (unpaired) electrons. The molecule has 6 aromatic heterocycles. The van der Waals surface area contributed by atoms with Gasteiger partial charge in [0.1, 0.15) is 0 Å². The minimum atomic E-state index is -0.0808. The average molecular weight is 2140 g/mol. The Morgan fingerprint density at radius 1 is 0.336 bits per heavy atom. The van der Waals surface area contributed by atoms with Crippen molar-refractivity contribution in [3.8, 4) is 51.2 Å². The van der Waals surface area contributed by atoms with Gasteiger partial charge in [-0.1, -0.05) is 194 Å². The van der Waals surface area contributed by atoms with Gasteiger partial charge in [0, 0.05) is 166 Å². The van der Waals surface area contributed by atoms with Gasteiger partial charge in [0.15, 0.2) is 0 Å². The van der Waals surface area contributed by atoms with Gasteiger partial charge in [-0.05, 0) is 139 Å². The van der Waals surface area contributed by atoms with Gasteiger partial charge in [0.2, 0.25) is 0 Å². The van der Waals surface area contributed by atoms with Gasteiger partial charge in [0.05, 0.1) is 17.5 Å². The molecule has 2 saturated carbocycles. The van der Waals surface area contributed by atoms with E-state index in [0.29, 0.717) is 23.7 Å². The van der Waals surface area contributed by atoms with Gasteiger partial charge in [-0.2, -0.15) is 108 Å². The largest absolute Gasteiger partial charge is 0.340 e. The van der Waals surface area contributed by atoms with Crippen molar-refractivity contribution in [3.63, 3.8) is 0 Å². The number of pyridine rings is 3. The fourth-order valence-corrected chi connectivity index (χ4v) is 16.4. The molecule has 0 unspecified atom stereocenters. The Balaban J connectivity index is 0.000000169. The van der Waals surface area contributed by atoms with E-state index in [1.807, 2.05) is 177 Å². The van der Waals surface area contributed by atoms with Crippen LogP contribution >= 0.6 is 0 Å². The Kier molecular flexibility index (Phi) is 36.9. The molecule has 9 aromatic carbocycles. The zero-order valence-corrected chi connectivity index (χ0v) is 80.4. The summed E-state index contributed by atoms with van der Waals surface area (Å²) < 4.78 is 6.83. The molecular formula is C110H117Ir3N9-6. The zero-order valence-electron chi connectivity index (χ0n) is 73.2. The summed E-state index contributed by atoms with van der Waals surface area (Å²) in [6.07, 6.45) is 31.2. The molecule has 12 heteroatoms. The molecule has 0 aliphatic heterocycles. The van der Waals surface area contributed by atoms with Crippen LogP contribution in [0.25, 0.3) is 51.2 Å². The van der Waals surface area contributed by atoms with Crippen LogP contribution in [0.5, 0.6) is 0 Å². The fraction of sp³-hybridized carbons (Fsp3) is 0.291. The summed E-state index contributed by atoms with van der Waals surface area (Å²) >= 11 is 0. The number of para-hydroxylation sites is 3. The van der Waals surface area contributed by atoms with Crippen LogP contribution in [0.15, 0.2) is 304 Å². The van der Waals surface area contributed by atoms with Crippen LogP contribution in [0.4, 0.5) is 0 Å². The van der Waals surface area contributed by atoms with E-state index in [0.717, 1.165) is 69.8 Å². The third kappa shape index (κ3) is 24.3. The van der Waals surface area contributed by atoms with Gasteiger partial charge < -0.3 is 13.7 Å². The van der Waals surface area contributed by atoms with Crippen molar-refractivity contribution in [2.24, 2.45) is 0 Å². The molecule has 122 heavy (non-hydrogen) atoms. The number of imidazole rings is 3. The smallest absolute Gasteiger partial charge is 0.0606 e. The second kappa shape index (κ2) is 47.0. The third-order valence-corrected chi connectivity index (χ3v) is 23.2. The third-order valence-electron chi connectivity index (χ3n) is 23.2. The normalized spacial score (nSPS) is 12.7. The van der Waals surface area contributed by atoms with E-state index in [1.54, 1.807) is 11.1 Å². The Bertz CT molecular complexity index is 5090. The molecule has 17 rings (SSSR count). The van der Waals surface area contributed by atoms with Crippen LogP contribution in [-0.4, -0.2) is 43.6 Å². The van der Waals surface area contributed by atoms with Crippen molar-refractivity contribution in [3.05, 3.63) is 414 Å². The van der Waals surface area contributed by atoms with Gasteiger partial charge in [0.25, 0.3) is 0 Å². The molecule has 6 heterocycles. The van der Waals surface area contributed by atoms with Crippen molar-refractivity contribution in [2.45, 2.75) is 207 Å². The SMILES string of the molecule is CC(C)(c1[c-]cccc1)c1ccccn1.CC(C)(c1[c-]cccc1)c1ccccn1.CC(C)(c1[c-]cccc1)c1ccccn1.CCc1cccc(CC)c1-n1ccnc1-c1[c-]cccc1.Cc1cn(-c2c(C(C)C)cccc2C(C)C)c(-c2[c-]cccc2)n1.[Ir].[Ir].[Ir].[c-]1ccccc1-c1nccn1-c1c(C2CCCCC2)cccc1C1CCCCC1. The van der Waals surface area contributed by atoms with E-state index in [1.165, 1.54) is 120 Å². The van der Waals surface area contributed by atoms with E-state index < -0.39 is 0 Å². The molecule has 2 aliphatic rings. The standard InChI is InChI=1S/C27H31N2.C22H25N2.C19H19N2.3C14H14N.3Ir/c1-4-11-21(12-5-1)24-17-10-18-25(22-13-6-2-7-14-22)26(24)29-20-19-28-27(29)23-15-8-3-9-16-23;1-15(2)19-12-9-13-20(16(3)4)21(19)24-14-17(5)23-22(24)18-10-7-6-8-11-18;1-3-15-11-8-12-16(4-2)18(15)21-14-13-20-19(21)17-9-6-5-7-10-17;3*1-14(2,12-8-4-3-5-9-12)13-10-6-7-11-15-13;;;/h3,8-10,15,17-22H,1-2,4-7,11-14H2;6-10,12-16H,1-5H3;5-9,11-14H,3-4H2,1-2H3;3*3-8,10-11H,1-2H3;;;/q6*-1;;;. The van der Waals surface area contributed by atoms with Crippen LogP contribution in [0.3, 0.4) is 0 Å². The first kappa shape index (κ1) is 95.8. The number of hydrogen-bond acceptors (Lipinski definition) is 6. The predicted octanol–water partition coefficient (Wildman–Crippen LogP) is 27.4. The molecule has 9 nitrogen and oxygen atoms in total. The fourth-order valence-electron chi connectivity index (χ4n) is 16.4. The number of nitrogens with zero attached hydrogens (tertiary/aromatic N) is 9. The summed E-state index contributed by atoms with van der Waals surface area (Å²) in [6, 6.07) is 107. The van der Waals surface area contributed by atoms with Crippen molar-refractivity contribution in [2.75, 3.05) is 0 Å². The summed E-state index contributed by atoms with van der Waals surface area (Å²) in [4.78, 5) is 27.3. The van der Waals surface area contributed by atoms with Crippen LogP contribution in [0.1, 0.15) is 244 Å². The summed E-state index contributed by atoms with van der Waals surface area (Å²) in [5.74, 6) is 5.19. The maximum absolute atomic E-state index is 4.79. The van der Waals surface area contributed by atoms with Crippen molar-refractivity contribution >= 4 is 0 Å². The summed E-state index contributed by atoms with van der Waals surface area (Å²) in [7, 11) is 0. The molecule has 0 amide bonds. The number of benzene rings is 9. The Morgan fingerprint density at radius 2 is 0.672 bits per heavy atom. The maximum atomic E-state index is 4.79. The van der Waals surface area contributed by atoms with E-state index >= 15 is 0 Å². The molecule has 2 aliphatic carbocycles. The number of aromatic nitrogens is 9. The first-order valence-corrected chi connectivity index (χ1v) is 43.0. The minimum Gasteiger partial charge on any atom is -0.340 e. The molecule has 0 N–H and O–H groups in total. The van der Waals surface area contributed by atoms with Crippen LogP contribution in [-0.2, 0) is 89.4 Å². The molecule has 15 aromatic rings. The summed E-state index contributed by atoms with van der Waals surface area (Å²) in [5.41, 5.74) is 23.1. The van der Waals surface area contributed by atoms with E-state index in [9.17, 15) is 0 Å². The Labute approximate surface area is 769 Å². The van der Waals surface area contributed by atoms with E-state index in [2.05, 4.69) is 288 Å². The molecule has 0 spiro atoms. The quantitative estimate of drug-likeness (QED) is 0.0795. The number of rotatable bonds is 18. The van der Waals surface area contributed by atoms with Crippen molar-refractivity contribution in [1.29, 1.82) is 0 Å². The second-order valence-electron chi connectivity index (χ2n) is 33.2. The number of hydrogen-bond donors (Lipinski definition) is 0. The average Bonchev–Trinajstić information content (AvgIpc) is 1.52. The monoisotopic (exact) mass is 2140 g/mol. The molecular weight excluding hydrogens is 2020 g/mol. The van der Waals surface area contributed by atoms with Crippen molar-refractivity contribution < 1.29 is 60.3 Å². The van der Waals surface area contributed by atoms with E-state index in [4.69, 9.17) is 9.97 Å². The van der Waals surface area contributed by atoms with Crippen LogP contribution in [0, 0.1) is 43.3 Å². The van der Waals surface area contributed by atoms with Gasteiger partial charge in [-0.25, -0.2) is 0 Å². The zero-order chi connectivity index (χ0) is 83.6. The second-order valence-corrected chi connectivity index (χ2v) is 33.2. The number of aryl methyl sites for hydroxylation is 3. The Morgan fingerprint density at radius 3 is 1.00 bits per heavy atom. The summed E-state index contributed by atoms with van der Waals surface area (Å²) in [6.45, 7) is 28.5. The van der Waals surface area contributed by atoms with Gasteiger partial charge >= 0.3 is 0 Å². The maximum Gasteiger partial charge on any atom is 0.0606 e. The summed E-state index contributed by atoms with van der Waals surface area (Å²) in [5, 5.41) is 0. The minimum absolute atomic E-state index is 0. The molecule has 0 atom stereocenters. The topological polar surface area (TPSA) is 92.1 Å². The van der Waals surface area contributed by atoms with Gasteiger partial charge in [-0.15, -0.1) is 108 Å². The first-order valence-electron chi connectivity index (χ1n) is 43.0. The molecule has 2 fully saturated rings.